The SMILES string of the molecule is CC(C)(C)c1cc(C(C)(C)C)c2c(c1)c1cc(C(C)(C)C)cc3c1n2-c1c(-c2ccccc2)cc(-c2cc(-c4ccccc4)nc(-c4ccccc4)n2)cc1-c1cccc(c1)C3(C)C. The molecule has 0 unspecified atom stereocenters. The Morgan fingerprint density at radius 2 is 0.922 bits per heavy atom. The molecule has 2 bridgehead atoms. The van der Waals surface area contributed by atoms with Crippen molar-refractivity contribution < 1.29 is 0 Å². The maximum absolute atomic E-state index is 5.41. The second-order valence-corrected chi connectivity index (χ2v) is 21.6. The molecule has 0 aliphatic carbocycles. The lowest BCUT2D eigenvalue weighted by Crippen LogP contribution is -2.22. The predicted molar refractivity (Wildman–Crippen MR) is 272 cm³/mol. The maximum atomic E-state index is 5.41. The van der Waals surface area contributed by atoms with Crippen LogP contribution in [0.4, 0.5) is 0 Å². The molecule has 3 nitrogen and oxygen atoms in total. The van der Waals surface area contributed by atoms with E-state index in [0.717, 1.165) is 39.2 Å². The van der Waals surface area contributed by atoms with Gasteiger partial charge in [0.25, 0.3) is 0 Å². The van der Waals surface area contributed by atoms with E-state index in [2.05, 4.69) is 232 Å². The van der Waals surface area contributed by atoms with Crippen molar-refractivity contribution in [3.8, 4) is 61.8 Å². The number of nitrogens with zero attached hydrogens (tertiary/aromatic N) is 3. The number of fused-ring (bicyclic) bond motifs is 8. The summed E-state index contributed by atoms with van der Waals surface area (Å²) in [7, 11) is 0. The molecule has 0 fully saturated rings. The molecule has 2 aromatic heterocycles. The van der Waals surface area contributed by atoms with Gasteiger partial charge in [0.15, 0.2) is 5.82 Å². The fourth-order valence-corrected chi connectivity index (χ4v) is 9.79. The van der Waals surface area contributed by atoms with E-state index in [0.29, 0.717) is 5.82 Å². The highest BCUT2D eigenvalue weighted by Gasteiger charge is 2.36. The lowest BCUT2D eigenvalue weighted by Gasteiger charge is -2.30. The molecule has 0 amide bonds. The van der Waals surface area contributed by atoms with Gasteiger partial charge in [-0.25, -0.2) is 9.97 Å². The third-order valence-electron chi connectivity index (χ3n) is 13.6. The molecule has 0 radical (unpaired) electrons. The second kappa shape index (κ2) is 14.7. The molecule has 318 valence electrons. The minimum absolute atomic E-state index is 0.0496. The van der Waals surface area contributed by atoms with Gasteiger partial charge in [-0.2, -0.15) is 0 Å². The third kappa shape index (κ3) is 6.97. The second-order valence-electron chi connectivity index (χ2n) is 21.6. The highest BCUT2D eigenvalue weighted by atomic mass is 15.0. The Morgan fingerprint density at radius 3 is 1.50 bits per heavy atom. The number of rotatable bonds is 4. The van der Waals surface area contributed by atoms with Crippen LogP contribution in [0.25, 0.3) is 83.6 Å². The zero-order chi connectivity index (χ0) is 44.9. The molecule has 3 heterocycles. The van der Waals surface area contributed by atoms with Gasteiger partial charge in [-0.05, 0) is 85.5 Å². The molecule has 0 spiro atoms. The van der Waals surface area contributed by atoms with E-state index in [4.69, 9.17) is 9.97 Å². The molecule has 1 aliphatic heterocycles. The Bertz CT molecular complexity index is 3200. The largest absolute Gasteiger partial charge is 0.307 e. The van der Waals surface area contributed by atoms with Crippen LogP contribution >= 0.6 is 0 Å². The highest BCUT2D eigenvalue weighted by molar-refractivity contribution is 6.14. The summed E-state index contributed by atoms with van der Waals surface area (Å²) in [6, 6.07) is 58.3. The van der Waals surface area contributed by atoms with Crippen LogP contribution in [0.3, 0.4) is 0 Å². The van der Waals surface area contributed by atoms with Crippen LogP contribution in [0.1, 0.15) is 104 Å². The van der Waals surface area contributed by atoms with Crippen molar-refractivity contribution in [2.75, 3.05) is 0 Å². The highest BCUT2D eigenvalue weighted by Crippen LogP contribution is 2.52. The van der Waals surface area contributed by atoms with Crippen molar-refractivity contribution in [2.45, 2.75) is 97.8 Å². The first-order valence-corrected chi connectivity index (χ1v) is 22.9. The first-order valence-electron chi connectivity index (χ1n) is 22.9. The van der Waals surface area contributed by atoms with Crippen molar-refractivity contribution in [2.24, 2.45) is 0 Å². The lowest BCUT2D eigenvalue weighted by molar-refractivity contribution is 0.572. The molecule has 3 heteroatoms. The predicted octanol–water partition coefficient (Wildman–Crippen LogP) is 16.4. The van der Waals surface area contributed by atoms with Gasteiger partial charge in [0.05, 0.1) is 28.1 Å². The normalized spacial score (nSPS) is 13.7. The summed E-state index contributed by atoms with van der Waals surface area (Å²) >= 11 is 0. The van der Waals surface area contributed by atoms with Crippen molar-refractivity contribution in [3.63, 3.8) is 0 Å². The number of hydrogen-bond acceptors (Lipinski definition) is 2. The van der Waals surface area contributed by atoms with E-state index in [1.54, 1.807) is 0 Å². The molecule has 64 heavy (non-hydrogen) atoms. The van der Waals surface area contributed by atoms with E-state index >= 15 is 0 Å². The van der Waals surface area contributed by atoms with E-state index in [9.17, 15) is 0 Å². The van der Waals surface area contributed by atoms with Gasteiger partial charge in [-0.1, -0.05) is 204 Å². The lowest BCUT2D eigenvalue weighted by atomic mass is 9.74. The molecule has 1 aliphatic rings. The summed E-state index contributed by atoms with van der Waals surface area (Å²) in [5, 5.41) is 2.62. The van der Waals surface area contributed by atoms with Crippen LogP contribution in [0.5, 0.6) is 0 Å². The zero-order valence-corrected chi connectivity index (χ0v) is 39.4. The minimum Gasteiger partial charge on any atom is -0.307 e. The number of benzene rings is 7. The Morgan fingerprint density at radius 1 is 0.422 bits per heavy atom. The quantitative estimate of drug-likeness (QED) is 0.177. The Labute approximate surface area is 379 Å². The van der Waals surface area contributed by atoms with E-state index in [-0.39, 0.29) is 21.7 Å². The van der Waals surface area contributed by atoms with Gasteiger partial charge in [0.2, 0.25) is 0 Å². The first-order chi connectivity index (χ1) is 30.4. The monoisotopic (exact) mass is 833 g/mol. The summed E-state index contributed by atoms with van der Waals surface area (Å²) in [5.41, 5.74) is 19.3. The molecule has 0 atom stereocenters. The average molecular weight is 834 g/mol. The molecule has 10 rings (SSSR count). The van der Waals surface area contributed by atoms with E-state index < -0.39 is 0 Å². The van der Waals surface area contributed by atoms with Gasteiger partial charge in [-0.15, -0.1) is 0 Å². The third-order valence-corrected chi connectivity index (χ3v) is 13.6. The van der Waals surface area contributed by atoms with Crippen molar-refractivity contribution >= 4 is 21.8 Å². The minimum atomic E-state index is -0.337. The molecule has 0 saturated carbocycles. The van der Waals surface area contributed by atoms with Crippen LogP contribution in [0, 0.1) is 0 Å². The molecule has 7 aromatic carbocycles. The van der Waals surface area contributed by atoms with Gasteiger partial charge in [0.1, 0.15) is 0 Å². The van der Waals surface area contributed by atoms with Crippen molar-refractivity contribution in [1.29, 1.82) is 0 Å². The van der Waals surface area contributed by atoms with Gasteiger partial charge in [0, 0.05) is 44.0 Å². The van der Waals surface area contributed by atoms with Crippen LogP contribution in [-0.4, -0.2) is 14.5 Å². The zero-order valence-electron chi connectivity index (χ0n) is 39.4. The smallest absolute Gasteiger partial charge is 0.160 e. The van der Waals surface area contributed by atoms with Crippen LogP contribution in [0.15, 0.2) is 158 Å². The maximum Gasteiger partial charge on any atom is 0.160 e. The summed E-state index contributed by atoms with van der Waals surface area (Å²) in [6.07, 6.45) is 0. The molecule has 0 N–H and O–H groups in total. The fourth-order valence-electron chi connectivity index (χ4n) is 9.79. The molecule has 9 aromatic rings. The summed E-state index contributed by atoms with van der Waals surface area (Å²) in [4.78, 5) is 10.6. The van der Waals surface area contributed by atoms with Gasteiger partial charge in [-0.3, -0.25) is 0 Å². The Kier molecular flexibility index (Phi) is 9.54. The average Bonchev–Trinajstić information content (AvgIpc) is 3.62. The number of aromatic nitrogens is 3. The van der Waals surface area contributed by atoms with Gasteiger partial charge >= 0.3 is 0 Å². The van der Waals surface area contributed by atoms with Gasteiger partial charge < -0.3 is 4.57 Å². The van der Waals surface area contributed by atoms with E-state index in [1.165, 1.54) is 66.4 Å². The van der Waals surface area contributed by atoms with Crippen molar-refractivity contribution in [1.82, 2.24) is 14.5 Å². The number of hydrogen-bond donors (Lipinski definition) is 0. The topological polar surface area (TPSA) is 30.7 Å². The molecular formula is C61H59N3. The fraction of sp³-hybridized carbons (Fsp3) is 0.246. The van der Waals surface area contributed by atoms with E-state index in [1.807, 2.05) is 6.07 Å². The van der Waals surface area contributed by atoms with Crippen molar-refractivity contribution in [3.05, 3.63) is 186 Å². The molecule has 0 saturated heterocycles. The summed E-state index contributed by atoms with van der Waals surface area (Å²) in [5.74, 6) is 0.705. The Balaban J connectivity index is 1.44. The van der Waals surface area contributed by atoms with Crippen LogP contribution < -0.4 is 0 Å². The molecular weight excluding hydrogens is 775 g/mol. The summed E-state index contributed by atoms with van der Waals surface area (Å²) < 4.78 is 2.70. The first kappa shape index (κ1) is 41.4. The van der Waals surface area contributed by atoms with Crippen LogP contribution in [-0.2, 0) is 21.7 Å². The summed E-state index contributed by atoms with van der Waals surface area (Å²) in [6.45, 7) is 26.1. The van der Waals surface area contributed by atoms with Crippen LogP contribution in [0.2, 0.25) is 0 Å². The Hall–Kier alpha value is -6.58. The standard InChI is InChI=1S/C61H59N3/c1-58(2,3)44-33-48-49-34-45(59(4,5)6)36-51-56(49)64(55(48)50(35-44)60(7,8)9)54-46(38-22-15-12-16-23-38)31-42(32-47(54)41-28-21-29-43(30-41)61(51,10)11)53-37-52(39-24-17-13-18-25-39)62-57(63-53)40-26-19-14-20-27-40/h12-37H,1-11H3.